The van der Waals surface area contributed by atoms with E-state index in [9.17, 15) is 4.79 Å². The molecule has 9 atom stereocenters. The number of hydrogen-bond donors (Lipinski definition) is 0. The Kier molecular flexibility index (Phi) is 0.790. The van der Waals surface area contributed by atoms with Crippen LogP contribution in [-0.4, -0.2) is 10.6 Å². The average molecular weight is 239 g/mol. The third kappa shape index (κ3) is 0.397. The van der Waals surface area contributed by atoms with Gasteiger partial charge in [0.25, 0.3) is 0 Å². The zero-order valence-corrected chi connectivity index (χ0v) is 8.78. The lowest BCUT2D eigenvalue weighted by Gasteiger charge is -2.45. The molecular weight excluding hydrogens is 228 g/mol. The summed E-state index contributed by atoms with van der Waals surface area (Å²) in [5, 5.41) is 0. The van der Waals surface area contributed by atoms with Crippen molar-refractivity contribution in [2.24, 2.45) is 47.3 Å². The highest BCUT2D eigenvalue weighted by atomic mass is 79.9. The van der Waals surface area contributed by atoms with Gasteiger partial charge in [0.05, 0.1) is 0 Å². The maximum absolute atomic E-state index is 12.0. The van der Waals surface area contributed by atoms with Crippen molar-refractivity contribution in [1.82, 2.24) is 0 Å². The van der Waals surface area contributed by atoms with E-state index < -0.39 is 0 Å². The van der Waals surface area contributed by atoms with Gasteiger partial charge in [0.2, 0.25) is 0 Å². The van der Waals surface area contributed by atoms with Gasteiger partial charge < -0.3 is 0 Å². The lowest BCUT2D eigenvalue weighted by atomic mass is 9.59. The first-order valence-corrected chi connectivity index (χ1v) is 6.40. The van der Waals surface area contributed by atoms with Crippen LogP contribution in [0.1, 0.15) is 6.42 Å². The van der Waals surface area contributed by atoms with Gasteiger partial charge in [-0.15, -0.1) is 0 Å². The van der Waals surface area contributed by atoms with Gasteiger partial charge in [-0.1, -0.05) is 15.9 Å². The van der Waals surface area contributed by atoms with Gasteiger partial charge in [0.15, 0.2) is 0 Å². The molecule has 5 rings (SSSR count). The van der Waals surface area contributed by atoms with E-state index in [1.165, 1.54) is 6.42 Å². The number of Topliss-reactive ketones (excluding diaryl/α,β-unsaturated/α-hetero) is 1. The van der Waals surface area contributed by atoms with Crippen molar-refractivity contribution in [3.05, 3.63) is 0 Å². The summed E-state index contributed by atoms with van der Waals surface area (Å²) in [7, 11) is 0. The summed E-state index contributed by atoms with van der Waals surface area (Å²) < 4.78 is 0. The van der Waals surface area contributed by atoms with Crippen molar-refractivity contribution >= 4 is 21.7 Å². The van der Waals surface area contributed by atoms with Crippen LogP contribution in [0.2, 0.25) is 0 Å². The van der Waals surface area contributed by atoms with E-state index in [4.69, 9.17) is 0 Å². The van der Waals surface area contributed by atoms with Gasteiger partial charge in [-0.25, -0.2) is 0 Å². The topological polar surface area (TPSA) is 17.1 Å². The second kappa shape index (κ2) is 1.56. The highest BCUT2D eigenvalue weighted by Gasteiger charge is 2.83. The number of carbonyl (C=O) groups is 1. The lowest BCUT2D eigenvalue weighted by Crippen LogP contribution is -2.48. The van der Waals surface area contributed by atoms with E-state index in [0.29, 0.717) is 17.6 Å². The van der Waals surface area contributed by atoms with Crippen molar-refractivity contribution in [2.45, 2.75) is 11.2 Å². The molecule has 1 nitrogen and oxygen atoms in total. The molecule has 0 aromatic rings. The molecule has 0 aromatic heterocycles. The summed E-state index contributed by atoms with van der Waals surface area (Å²) >= 11 is 3.86. The van der Waals surface area contributed by atoms with E-state index in [1.54, 1.807) is 0 Å². The minimum atomic E-state index is 0.513. The van der Waals surface area contributed by atoms with Gasteiger partial charge >= 0.3 is 0 Å². The monoisotopic (exact) mass is 238 g/mol. The maximum atomic E-state index is 12.0. The van der Waals surface area contributed by atoms with Crippen molar-refractivity contribution in [3.63, 3.8) is 0 Å². The second-order valence-corrected chi connectivity index (χ2v) is 6.83. The van der Waals surface area contributed by atoms with Crippen LogP contribution in [-0.2, 0) is 4.79 Å². The molecule has 68 valence electrons. The number of fused-ring (bicyclic) bond motifs is 2. The second-order valence-electron chi connectivity index (χ2n) is 5.77. The molecule has 5 fully saturated rings. The molecule has 0 aliphatic heterocycles. The molecule has 0 heterocycles. The minimum Gasteiger partial charge on any atom is -0.299 e. The number of hydrogen-bond acceptors (Lipinski definition) is 1. The standard InChI is InChI=1S/C11H11BrO/c12-10-6-2-1-3-5-4(2)8(10)9(5)11(13)7(3)6/h2-10H,1H2/t2-,3+,4-,5-,6+,7-,8+,9+,10+/m1/s1. The molecule has 0 unspecified atom stereocenters. The smallest absolute Gasteiger partial charge is 0.140 e. The Labute approximate surface area is 85.4 Å². The van der Waals surface area contributed by atoms with Crippen LogP contribution < -0.4 is 0 Å². The molecule has 2 heteroatoms. The van der Waals surface area contributed by atoms with E-state index in [-0.39, 0.29) is 0 Å². The summed E-state index contributed by atoms with van der Waals surface area (Å²) in [6.45, 7) is 0. The molecule has 0 aromatic carbocycles. The number of alkyl halides is 1. The predicted octanol–water partition coefficient (Wildman–Crippen LogP) is 1.71. The van der Waals surface area contributed by atoms with Gasteiger partial charge in [0.1, 0.15) is 5.78 Å². The molecular formula is C11H11BrO. The zero-order chi connectivity index (χ0) is 8.48. The third-order valence-corrected chi connectivity index (χ3v) is 7.24. The molecule has 0 saturated heterocycles. The molecule has 5 saturated carbocycles. The molecule has 0 spiro atoms. The van der Waals surface area contributed by atoms with Gasteiger partial charge in [-0.2, -0.15) is 0 Å². The number of halogens is 1. The summed E-state index contributed by atoms with van der Waals surface area (Å²) in [6, 6.07) is 0. The molecule has 13 heavy (non-hydrogen) atoms. The largest absolute Gasteiger partial charge is 0.299 e. The van der Waals surface area contributed by atoms with E-state index in [2.05, 4.69) is 15.9 Å². The number of ketones is 1. The van der Waals surface area contributed by atoms with Crippen molar-refractivity contribution in [1.29, 1.82) is 0 Å². The van der Waals surface area contributed by atoms with Crippen LogP contribution in [0.5, 0.6) is 0 Å². The predicted molar refractivity (Wildman–Crippen MR) is 50.3 cm³/mol. The van der Waals surface area contributed by atoms with E-state index in [0.717, 1.165) is 40.3 Å². The Morgan fingerprint density at radius 1 is 1.00 bits per heavy atom. The van der Waals surface area contributed by atoms with Gasteiger partial charge in [-0.3, -0.25) is 4.79 Å². The minimum absolute atomic E-state index is 0.513. The van der Waals surface area contributed by atoms with E-state index >= 15 is 0 Å². The normalized spacial score (nSPS) is 79.8. The Bertz CT molecular complexity index is 352. The average Bonchev–Trinajstić information content (AvgIpc) is 2.52. The van der Waals surface area contributed by atoms with Crippen LogP contribution in [0.15, 0.2) is 0 Å². The van der Waals surface area contributed by atoms with Crippen LogP contribution in [0.4, 0.5) is 0 Å². The lowest BCUT2D eigenvalue weighted by molar-refractivity contribution is -0.132. The van der Waals surface area contributed by atoms with Crippen LogP contribution in [0, 0.1) is 47.3 Å². The Balaban J connectivity index is 1.87. The summed E-state index contributed by atoms with van der Waals surface area (Å²) in [6.07, 6.45) is 1.41. The van der Waals surface area contributed by atoms with Crippen molar-refractivity contribution in [2.75, 3.05) is 0 Å². The molecule has 5 aliphatic rings. The Hall–Kier alpha value is 0.150. The first-order chi connectivity index (χ1) is 6.30. The molecule has 5 aliphatic carbocycles. The van der Waals surface area contributed by atoms with Crippen LogP contribution >= 0.6 is 15.9 Å². The fourth-order valence-corrected chi connectivity index (χ4v) is 7.45. The van der Waals surface area contributed by atoms with Crippen molar-refractivity contribution in [3.8, 4) is 0 Å². The zero-order valence-electron chi connectivity index (χ0n) is 7.19. The maximum Gasteiger partial charge on any atom is 0.140 e. The fourth-order valence-electron chi connectivity index (χ4n) is 6.05. The SMILES string of the molecule is O=C1[C@@H]2[C@H]3C[C@@H]4[C@H]5[C@H]([C@@H](Br)[C@@H]42)[C@@H]1[C@H]35. The summed E-state index contributed by atoms with van der Waals surface area (Å²) in [5.74, 6) is 6.90. The first kappa shape index (κ1) is 6.60. The van der Waals surface area contributed by atoms with Crippen LogP contribution in [0.25, 0.3) is 0 Å². The molecule has 0 amide bonds. The van der Waals surface area contributed by atoms with Crippen LogP contribution in [0.3, 0.4) is 0 Å². The number of rotatable bonds is 0. The number of carbonyl (C=O) groups excluding carboxylic acids is 1. The van der Waals surface area contributed by atoms with Gasteiger partial charge in [-0.05, 0) is 41.9 Å². The summed E-state index contributed by atoms with van der Waals surface area (Å²) in [4.78, 5) is 12.7. The third-order valence-electron chi connectivity index (χ3n) is 6.01. The quantitative estimate of drug-likeness (QED) is 0.588. The highest BCUT2D eigenvalue weighted by molar-refractivity contribution is 9.09. The fraction of sp³-hybridized carbons (Fsp3) is 0.909. The molecule has 0 N–H and O–H groups in total. The first-order valence-electron chi connectivity index (χ1n) is 5.48. The highest BCUT2D eigenvalue weighted by Crippen LogP contribution is 2.82. The van der Waals surface area contributed by atoms with Gasteiger partial charge in [0, 0.05) is 16.7 Å². The molecule has 2 bridgehead atoms. The molecule has 0 radical (unpaired) electrons. The van der Waals surface area contributed by atoms with E-state index in [1.807, 2.05) is 0 Å². The van der Waals surface area contributed by atoms with Crippen molar-refractivity contribution < 1.29 is 4.79 Å². The summed E-state index contributed by atoms with van der Waals surface area (Å²) in [5.41, 5.74) is 0. The Morgan fingerprint density at radius 3 is 2.69 bits per heavy atom. The Morgan fingerprint density at radius 2 is 1.85 bits per heavy atom.